The van der Waals surface area contributed by atoms with Crippen LogP contribution in [0.1, 0.15) is 36.3 Å². The molecule has 5 heteroatoms. The highest BCUT2D eigenvalue weighted by Crippen LogP contribution is 2.51. The average Bonchev–Trinajstić information content (AvgIpc) is 3.48. The minimum atomic E-state index is -0.357. The van der Waals surface area contributed by atoms with E-state index < -0.39 is 0 Å². The maximum absolute atomic E-state index is 14.1. The molecule has 0 aromatic heterocycles. The van der Waals surface area contributed by atoms with Crippen molar-refractivity contribution in [3.8, 4) is 0 Å². The van der Waals surface area contributed by atoms with Crippen molar-refractivity contribution in [2.75, 3.05) is 0 Å². The van der Waals surface area contributed by atoms with Crippen LogP contribution in [0.4, 0.5) is 4.39 Å². The van der Waals surface area contributed by atoms with Gasteiger partial charge in [-0.3, -0.25) is 4.79 Å². The lowest BCUT2D eigenvalue weighted by Gasteiger charge is -2.24. The van der Waals surface area contributed by atoms with Crippen LogP contribution in [0.5, 0.6) is 0 Å². The lowest BCUT2D eigenvalue weighted by atomic mass is 10.1. The second-order valence-corrected chi connectivity index (χ2v) is 7.68. The Bertz CT molecular complexity index is 801. The van der Waals surface area contributed by atoms with Crippen LogP contribution in [-0.4, -0.2) is 16.8 Å². The van der Waals surface area contributed by atoms with Crippen molar-refractivity contribution >= 4 is 29.1 Å². The van der Waals surface area contributed by atoms with Crippen molar-refractivity contribution in [1.29, 1.82) is 0 Å². The third-order valence-corrected chi connectivity index (χ3v) is 5.77. The van der Waals surface area contributed by atoms with Crippen LogP contribution < -0.4 is 0 Å². The molecule has 2 aliphatic rings. The van der Waals surface area contributed by atoms with Gasteiger partial charge in [0, 0.05) is 27.6 Å². The molecule has 2 atom stereocenters. The summed E-state index contributed by atoms with van der Waals surface area (Å²) in [6.07, 6.45) is 2.75. The third-order valence-electron chi connectivity index (χ3n) is 5.07. The highest BCUT2D eigenvalue weighted by molar-refractivity contribution is 6.31. The summed E-state index contributed by atoms with van der Waals surface area (Å²) >= 11 is 12.4. The summed E-state index contributed by atoms with van der Waals surface area (Å²) in [5.74, 6) is -0.166. The molecule has 0 saturated heterocycles. The number of carbonyl (C=O) groups excluding carboxylic acids is 1. The van der Waals surface area contributed by atoms with Gasteiger partial charge in [0.1, 0.15) is 5.82 Å². The molecule has 2 aromatic carbocycles. The quantitative estimate of drug-likeness (QED) is 0.680. The van der Waals surface area contributed by atoms with Gasteiger partial charge >= 0.3 is 0 Å². The molecule has 25 heavy (non-hydrogen) atoms. The van der Waals surface area contributed by atoms with E-state index in [9.17, 15) is 9.18 Å². The van der Waals surface area contributed by atoms with Gasteiger partial charge in [0.05, 0.1) is 6.54 Å². The van der Waals surface area contributed by atoms with Crippen LogP contribution in [0.15, 0.2) is 42.5 Å². The number of nitrogens with zero attached hydrogens (tertiary/aromatic N) is 1. The van der Waals surface area contributed by atoms with E-state index in [0.29, 0.717) is 15.6 Å². The molecule has 2 aliphatic carbocycles. The number of carbonyl (C=O) groups is 1. The lowest BCUT2D eigenvalue weighted by Crippen LogP contribution is -2.34. The molecule has 2 fully saturated rings. The van der Waals surface area contributed by atoms with Crippen LogP contribution in [0, 0.1) is 11.7 Å². The van der Waals surface area contributed by atoms with E-state index in [0.717, 1.165) is 24.8 Å². The van der Waals surface area contributed by atoms with Gasteiger partial charge in [-0.1, -0.05) is 47.5 Å². The predicted octanol–water partition coefficient (Wildman–Crippen LogP) is 5.43. The first-order valence-electron chi connectivity index (χ1n) is 8.54. The van der Waals surface area contributed by atoms with Crippen molar-refractivity contribution in [3.05, 3.63) is 69.5 Å². The second-order valence-electron chi connectivity index (χ2n) is 6.87. The third kappa shape index (κ3) is 3.40. The van der Waals surface area contributed by atoms with Gasteiger partial charge in [-0.2, -0.15) is 0 Å². The van der Waals surface area contributed by atoms with E-state index in [1.165, 1.54) is 6.07 Å². The SMILES string of the molecule is O=C(C1CC1c1ccccc1Cl)N(Cc1c(F)cccc1Cl)C1CC1. The Balaban J connectivity index is 1.53. The zero-order valence-corrected chi connectivity index (χ0v) is 15.1. The maximum Gasteiger partial charge on any atom is 0.226 e. The van der Waals surface area contributed by atoms with Crippen LogP contribution in [-0.2, 0) is 11.3 Å². The summed E-state index contributed by atoms with van der Waals surface area (Å²) in [4.78, 5) is 14.8. The summed E-state index contributed by atoms with van der Waals surface area (Å²) in [5.41, 5.74) is 1.43. The molecule has 2 nitrogen and oxygen atoms in total. The molecule has 130 valence electrons. The van der Waals surface area contributed by atoms with Gasteiger partial charge < -0.3 is 4.90 Å². The Morgan fingerprint density at radius 3 is 2.48 bits per heavy atom. The van der Waals surface area contributed by atoms with Crippen LogP contribution >= 0.6 is 23.2 Å². The first-order chi connectivity index (χ1) is 12.1. The highest BCUT2D eigenvalue weighted by Gasteiger charge is 2.49. The van der Waals surface area contributed by atoms with E-state index in [1.54, 1.807) is 12.1 Å². The highest BCUT2D eigenvalue weighted by atomic mass is 35.5. The first-order valence-corrected chi connectivity index (χ1v) is 9.29. The molecule has 4 rings (SSSR count). The van der Waals surface area contributed by atoms with Crippen molar-refractivity contribution in [1.82, 2.24) is 4.90 Å². The molecule has 2 saturated carbocycles. The molecule has 0 radical (unpaired) electrons. The minimum Gasteiger partial charge on any atom is -0.335 e. The zero-order valence-electron chi connectivity index (χ0n) is 13.6. The molecule has 0 spiro atoms. The first kappa shape index (κ1) is 16.9. The van der Waals surface area contributed by atoms with Gasteiger partial charge in [0.25, 0.3) is 0 Å². The summed E-state index contributed by atoms with van der Waals surface area (Å²) in [6, 6.07) is 12.5. The predicted molar refractivity (Wildman–Crippen MR) is 97.3 cm³/mol. The molecular weight excluding hydrogens is 360 g/mol. The largest absolute Gasteiger partial charge is 0.335 e. The zero-order chi connectivity index (χ0) is 17.6. The van der Waals surface area contributed by atoms with Crippen molar-refractivity contribution < 1.29 is 9.18 Å². The fourth-order valence-corrected chi connectivity index (χ4v) is 3.93. The van der Waals surface area contributed by atoms with Gasteiger partial charge in [-0.05, 0) is 48.9 Å². The Hall–Kier alpha value is -1.58. The fourth-order valence-electron chi connectivity index (χ4n) is 3.43. The topological polar surface area (TPSA) is 20.3 Å². The molecular formula is C20H18Cl2FNO. The number of benzene rings is 2. The van der Waals surface area contributed by atoms with E-state index in [4.69, 9.17) is 23.2 Å². The van der Waals surface area contributed by atoms with E-state index in [1.807, 2.05) is 29.2 Å². The van der Waals surface area contributed by atoms with E-state index >= 15 is 0 Å². The molecule has 0 bridgehead atoms. The molecule has 0 heterocycles. The lowest BCUT2D eigenvalue weighted by molar-refractivity contribution is -0.133. The Morgan fingerprint density at radius 1 is 1.08 bits per heavy atom. The number of rotatable bonds is 5. The van der Waals surface area contributed by atoms with E-state index in [2.05, 4.69) is 0 Å². The summed E-state index contributed by atoms with van der Waals surface area (Å²) in [5, 5.41) is 1.08. The minimum absolute atomic E-state index is 0.0638. The summed E-state index contributed by atoms with van der Waals surface area (Å²) in [7, 11) is 0. The van der Waals surface area contributed by atoms with Gasteiger partial charge in [-0.25, -0.2) is 4.39 Å². The van der Waals surface area contributed by atoms with Crippen molar-refractivity contribution in [2.24, 2.45) is 5.92 Å². The summed E-state index contributed by atoms with van der Waals surface area (Å²) < 4.78 is 14.1. The molecule has 0 N–H and O–H groups in total. The number of hydrogen-bond donors (Lipinski definition) is 0. The Kier molecular flexibility index (Phi) is 4.47. The summed E-state index contributed by atoms with van der Waals surface area (Å²) in [6.45, 7) is 0.237. The Labute approximate surface area is 156 Å². The number of halogens is 3. The molecule has 0 aliphatic heterocycles. The van der Waals surface area contributed by atoms with Crippen LogP contribution in [0.25, 0.3) is 0 Å². The van der Waals surface area contributed by atoms with Crippen molar-refractivity contribution in [2.45, 2.75) is 37.8 Å². The second kappa shape index (κ2) is 6.62. The monoisotopic (exact) mass is 377 g/mol. The van der Waals surface area contributed by atoms with Crippen LogP contribution in [0.2, 0.25) is 10.0 Å². The fraction of sp³-hybridized carbons (Fsp3) is 0.350. The van der Waals surface area contributed by atoms with Crippen molar-refractivity contribution in [3.63, 3.8) is 0 Å². The number of amides is 1. The van der Waals surface area contributed by atoms with Gasteiger partial charge in [0.2, 0.25) is 5.91 Å². The molecule has 2 unspecified atom stereocenters. The van der Waals surface area contributed by atoms with Crippen LogP contribution in [0.3, 0.4) is 0 Å². The molecule has 2 aromatic rings. The normalized spacial score (nSPS) is 21.9. The molecule has 1 amide bonds. The van der Waals surface area contributed by atoms with E-state index in [-0.39, 0.29) is 36.1 Å². The smallest absolute Gasteiger partial charge is 0.226 e. The van der Waals surface area contributed by atoms with Gasteiger partial charge in [0.15, 0.2) is 0 Å². The van der Waals surface area contributed by atoms with Gasteiger partial charge in [-0.15, -0.1) is 0 Å². The number of hydrogen-bond acceptors (Lipinski definition) is 1. The standard InChI is InChI=1S/C20H18Cl2FNO/c21-17-5-2-1-4-13(17)14-10-15(14)20(25)24(12-8-9-12)11-16-18(22)6-3-7-19(16)23/h1-7,12,14-15H,8-11H2. The maximum atomic E-state index is 14.1. The average molecular weight is 378 g/mol. The Morgan fingerprint density at radius 2 is 1.80 bits per heavy atom.